The molecule has 1 heterocycles. The van der Waals surface area contributed by atoms with Crippen molar-refractivity contribution < 1.29 is 0 Å². The second-order valence-electron chi connectivity index (χ2n) is 3.66. The van der Waals surface area contributed by atoms with Crippen molar-refractivity contribution in [3.63, 3.8) is 0 Å². The van der Waals surface area contributed by atoms with Crippen molar-refractivity contribution in [2.75, 3.05) is 5.73 Å². The summed E-state index contributed by atoms with van der Waals surface area (Å²) in [4.78, 5) is 0. The lowest BCUT2D eigenvalue weighted by atomic mass is 10.1. The zero-order valence-electron chi connectivity index (χ0n) is 9.32. The van der Waals surface area contributed by atoms with Gasteiger partial charge in [-0.25, -0.2) is 5.10 Å². The lowest BCUT2D eigenvalue weighted by Crippen LogP contribution is -2.06. The van der Waals surface area contributed by atoms with Crippen molar-refractivity contribution in [3.8, 4) is 5.69 Å². The predicted molar refractivity (Wildman–Crippen MR) is 67.3 cm³/mol. The van der Waals surface area contributed by atoms with Gasteiger partial charge in [0.25, 0.3) is 0 Å². The molecule has 5 heteroatoms. The number of aromatic nitrogens is 3. The Morgan fingerprint density at radius 1 is 1.50 bits per heavy atom. The van der Waals surface area contributed by atoms with Crippen LogP contribution in [-0.2, 0) is 6.42 Å². The summed E-state index contributed by atoms with van der Waals surface area (Å²) in [5, 5.41) is 6.64. The molecule has 0 bridgehead atoms. The molecule has 0 aliphatic heterocycles. The summed E-state index contributed by atoms with van der Waals surface area (Å²) in [5.41, 5.74) is 9.22. The average Bonchev–Trinajstić information content (AvgIpc) is 2.59. The number of H-pyrrole nitrogens is 1. The number of hydrogen-bond donors (Lipinski definition) is 2. The van der Waals surface area contributed by atoms with E-state index in [0.717, 1.165) is 17.7 Å². The Labute approximate surface area is 99.1 Å². The molecule has 0 aliphatic rings. The highest BCUT2D eigenvalue weighted by atomic mass is 32.1. The second kappa shape index (κ2) is 4.09. The molecule has 0 amide bonds. The van der Waals surface area contributed by atoms with Crippen LogP contribution in [0.5, 0.6) is 0 Å². The predicted octanol–water partition coefficient (Wildman–Crippen LogP) is 2.38. The van der Waals surface area contributed by atoms with Gasteiger partial charge < -0.3 is 5.73 Å². The summed E-state index contributed by atoms with van der Waals surface area (Å²) in [6, 6.07) is 6.16. The Kier molecular flexibility index (Phi) is 2.78. The number of aromatic amines is 1. The van der Waals surface area contributed by atoms with Gasteiger partial charge in [0.1, 0.15) is 0 Å². The third-order valence-corrected chi connectivity index (χ3v) is 2.90. The van der Waals surface area contributed by atoms with Gasteiger partial charge in [-0.2, -0.15) is 0 Å². The Morgan fingerprint density at radius 2 is 2.25 bits per heavy atom. The van der Waals surface area contributed by atoms with E-state index in [-0.39, 0.29) is 0 Å². The molecule has 0 atom stereocenters. The molecule has 3 N–H and O–H groups in total. The van der Waals surface area contributed by atoms with Gasteiger partial charge >= 0.3 is 0 Å². The maximum absolute atomic E-state index is 5.82. The molecule has 1 aromatic carbocycles. The Bertz CT molecular complexity index is 568. The Morgan fingerprint density at radius 3 is 2.81 bits per heavy atom. The van der Waals surface area contributed by atoms with Crippen LogP contribution < -0.4 is 5.73 Å². The molecule has 16 heavy (non-hydrogen) atoms. The van der Waals surface area contributed by atoms with Crippen LogP contribution in [-0.4, -0.2) is 14.8 Å². The lowest BCUT2D eigenvalue weighted by Gasteiger charge is -2.12. The summed E-state index contributed by atoms with van der Waals surface area (Å²) in [5.74, 6) is 0.397. The molecule has 0 saturated carbocycles. The van der Waals surface area contributed by atoms with E-state index in [9.17, 15) is 0 Å². The standard InChI is InChI=1S/C11H14N4S/c1-3-8-6-4-5-7(2)9(8)15-10(12)13-14-11(15)16/h4-6H,3H2,1-2H3,(H2,12,13)(H,14,16). The van der Waals surface area contributed by atoms with Crippen molar-refractivity contribution in [2.24, 2.45) is 0 Å². The molecule has 84 valence electrons. The molecule has 2 rings (SSSR count). The third kappa shape index (κ3) is 1.63. The molecule has 2 aromatic rings. The van der Waals surface area contributed by atoms with E-state index in [4.69, 9.17) is 18.0 Å². The summed E-state index contributed by atoms with van der Waals surface area (Å²) in [6.45, 7) is 4.15. The van der Waals surface area contributed by atoms with Gasteiger partial charge in [-0.15, -0.1) is 5.10 Å². The Balaban J connectivity index is 2.78. The van der Waals surface area contributed by atoms with Crippen molar-refractivity contribution in [3.05, 3.63) is 34.1 Å². The fourth-order valence-corrected chi connectivity index (χ4v) is 2.08. The van der Waals surface area contributed by atoms with Crippen LogP contribution in [0.25, 0.3) is 5.69 Å². The van der Waals surface area contributed by atoms with Gasteiger partial charge in [-0.05, 0) is 36.7 Å². The van der Waals surface area contributed by atoms with Crippen LogP contribution in [0.4, 0.5) is 5.95 Å². The van der Waals surface area contributed by atoms with Crippen LogP contribution in [0.15, 0.2) is 18.2 Å². The number of nitrogen functional groups attached to an aromatic ring is 1. The normalized spacial score (nSPS) is 10.6. The third-order valence-electron chi connectivity index (χ3n) is 2.62. The Hall–Kier alpha value is -1.62. The largest absolute Gasteiger partial charge is 0.368 e. The molecular weight excluding hydrogens is 220 g/mol. The lowest BCUT2D eigenvalue weighted by molar-refractivity contribution is 0.981. The average molecular weight is 234 g/mol. The molecule has 0 unspecified atom stereocenters. The number of anilines is 1. The zero-order valence-corrected chi connectivity index (χ0v) is 10.1. The summed E-state index contributed by atoms with van der Waals surface area (Å²) in [6.07, 6.45) is 0.934. The van der Waals surface area contributed by atoms with E-state index >= 15 is 0 Å². The number of aryl methyl sites for hydroxylation is 2. The van der Waals surface area contributed by atoms with Crippen LogP contribution in [0.1, 0.15) is 18.1 Å². The van der Waals surface area contributed by atoms with Crippen LogP contribution in [0, 0.1) is 11.7 Å². The van der Waals surface area contributed by atoms with Gasteiger partial charge in [-0.1, -0.05) is 25.1 Å². The van der Waals surface area contributed by atoms with E-state index in [2.05, 4.69) is 23.2 Å². The summed E-state index contributed by atoms with van der Waals surface area (Å²) < 4.78 is 2.31. The number of rotatable bonds is 2. The first-order chi connectivity index (χ1) is 7.65. The highest BCUT2D eigenvalue weighted by Crippen LogP contribution is 2.22. The maximum Gasteiger partial charge on any atom is 0.225 e. The number of benzene rings is 1. The van der Waals surface area contributed by atoms with Crippen LogP contribution >= 0.6 is 12.2 Å². The molecular formula is C11H14N4S. The van der Waals surface area contributed by atoms with Crippen molar-refractivity contribution >= 4 is 18.2 Å². The summed E-state index contributed by atoms with van der Waals surface area (Å²) >= 11 is 5.19. The van der Waals surface area contributed by atoms with Crippen LogP contribution in [0.2, 0.25) is 0 Å². The van der Waals surface area contributed by atoms with E-state index in [0.29, 0.717) is 10.7 Å². The zero-order chi connectivity index (χ0) is 11.7. The minimum absolute atomic E-state index is 0.397. The van der Waals surface area contributed by atoms with E-state index in [1.54, 1.807) is 4.57 Å². The van der Waals surface area contributed by atoms with Gasteiger partial charge in [0.05, 0.1) is 5.69 Å². The van der Waals surface area contributed by atoms with E-state index in [1.807, 2.05) is 19.1 Å². The smallest absolute Gasteiger partial charge is 0.225 e. The minimum atomic E-state index is 0.397. The maximum atomic E-state index is 5.82. The highest BCUT2D eigenvalue weighted by Gasteiger charge is 2.11. The van der Waals surface area contributed by atoms with Gasteiger partial charge in [-0.3, -0.25) is 4.57 Å². The van der Waals surface area contributed by atoms with Gasteiger partial charge in [0.2, 0.25) is 10.7 Å². The van der Waals surface area contributed by atoms with Crippen LogP contribution in [0.3, 0.4) is 0 Å². The molecule has 0 fully saturated rings. The SMILES string of the molecule is CCc1cccc(C)c1-n1c(N)n[nH]c1=S. The van der Waals surface area contributed by atoms with Gasteiger partial charge in [0.15, 0.2) is 0 Å². The molecule has 0 spiro atoms. The first kappa shape index (κ1) is 10.9. The fraction of sp³-hybridized carbons (Fsp3) is 0.273. The number of nitrogens with zero attached hydrogens (tertiary/aromatic N) is 2. The monoisotopic (exact) mass is 234 g/mol. The fourth-order valence-electron chi connectivity index (χ4n) is 1.85. The first-order valence-corrected chi connectivity index (χ1v) is 5.57. The van der Waals surface area contributed by atoms with Crippen molar-refractivity contribution in [1.82, 2.24) is 14.8 Å². The molecule has 0 radical (unpaired) electrons. The van der Waals surface area contributed by atoms with Crippen molar-refractivity contribution in [2.45, 2.75) is 20.3 Å². The molecule has 0 saturated heterocycles. The van der Waals surface area contributed by atoms with E-state index < -0.39 is 0 Å². The summed E-state index contributed by atoms with van der Waals surface area (Å²) in [7, 11) is 0. The van der Waals surface area contributed by atoms with Crippen molar-refractivity contribution in [1.29, 1.82) is 0 Å². The highest BCUT2D eigenvalue weighted by molar-refractivity contribution is 7.71. The van der Waals surface area contributed by atoms with E-state index in [1.165, 1.54) is 5.56 Å². The number of nitrogens with one attached hydrogen (secondary N) is 1. The topological polar surface area (TPSA) is 59.6 Å². The molecule has 1 aromatic heterocycles. The number of nitrogens with two attached hydrogens (primary N) is 1. The second-order valence-corrected chi connectivity index (χ2v) is 4.05. The number of hydrogen-bond acceptors (Lipinski definition) is 3. The van der Waals surface area contributed by atoms with Gasteiger partial charge in [0, 0.05) is 0 Å². The first-order valence-electron chi connectivity index (χ1n) is 5.17. The molecule has 0 aliphatic carbocycles. The number of para-hydroxylation sites is 1. The molecule has 4 nitrogen and oxygen atoms in total. The minimum Gasteiger partial charge on any atom is -0.368 e. The quantitative estimate of drug-likeness (QED) is 0.784.